The molecule has 0 aromatic heterocycles. The van der Waals surface area contributed by atoms with Crippen LogP contribution >= 0.6 is 11.6 Å². The fourth-order valence-electron chi connectivity index (χ4n) is 4.31. The Morgan fingerprint density at radius 2 is 1.70 bits per heavy atom. The summed E-state index contributed by atoms with van der Waals surface area (Å²) in [5, 5.41) is 11.7. The van der Waals surface area contributed by atoms with Crippen molar-refractivity contribution in [3.05, 3.63) is 94.0 Å². The standard InChI is InChI=1S/C30H30ClNO5/c1-5-36-23-13-14-25(31)24(16-23)28(33)26-27(20-8-6-7-19(4)15-20)32(30(35)29(26)34)21-9-11-22(12-10-21)37-17-18(2)3/h6-16,18,27,33H,5,17H2,1-4H3/b28-26+. The molecule has 0 radical (unpaired) electrons. The Morgan fingerprint density at radius 1 is 1.00 bits per heavy atom. The molecular weight excluding hydrogens is 490 g/mol. The van der Waals surface area contributed by atoms with Gasteiger partial charge in [-0.2, -0.15) is 0 Å². The van der Waals surface area contributed by atoms with Gasteiger partial charge in [0.25, 0.3) is 11.7 Å². The van der Waals surface area contributed by atoms with E-state index in [0.717, 1.165) is 5.56 Å². The first-order valence-corrected chi connectivity index (χ1v) is 12.6. The second kappa shape index (κ2) is 11.1. The minimum absolute atomic E-state index is 0.0358. The minimum Gasteiger partial charge on any atom is -0.507 e. The molecule has 1 atom stereocenters. The van der Waals surface area contributed by atoms with E-state index in [1.165, 1.54) is 4.90 Å². The molecule has 37 heavy (non-hydrogen) atoms. The molecule has 4 rings (SSSR count). The number of anilines is 1. The van der Waals surface area contributed by atoms with Gasteiger partial charge in [-0.25, -0.2) is 0 Å². The van der Waals surface area contributed by atoms with Crippen LogP contribution < -0.4 is 14.4 Å². The molecule has 1 saturated heterocycles. The Labute approximate surface area is 222 Å². The number of benzene rings is 3. The summed E-state index contributed by atoms with van der Waals surface area (Å²) in [6.07, 6.45) is 0. The van der Waals surface area contributed by atoms with E-state index in [9.17, 15) is 14.7 Å². The molecule has 1 amide bonds. The molecule has 0 bridgehead atoms. The number of hydrogen-bond acceptors (Lipinski definition) is 5. The molecule has 1 N–H and O–H groups in total. The molecule has 1 unspecified atom stereocenters. The summed E-state index contributed by atoms with van der Waals surface area (Å²) in [5.74, 6) is -0.349. The van der Waals surface area contributed by atoms with Gasteiger partial charge in [-0.1, -0.05) is 55.3 Å². The van der Waals surface area contributed by atoms with Crippen LogP contribution in [0, 0.1) is 12.8 Å². The number of nitrogens with zero attached hydrogens (tertiary/aromatic N) is 1. The minimum atomic E-state index is -0.853. The number of carbonyl (C=O) groups is 2. The quantitative estimate of drug-likeness (QED) is 0.203. The maximum atomic E-state index is 13.4. The Balaban J connectivity index is 1.85. The third-order valence-electron chi connectivity index (χ3n) is 6.00. The third-order valence-corrected chi connectivity index (χ3v) is 6.33. The van der Waals surface area contributed by atoms with Gasteiger partial charge in [-0.3, -0.25) is 14.5 Å². The van der Waals surface area contributed by atoms with E-state index in [4.69, 9.17) is 21.1 Å². The summed E-state index contributed by atoms with van der Waals surface area (Å²) in [7, 11) is 0. The summed E-state index contributed by atoms with van der Waals surface area (Å²) in [5.41, 5.74) is 2.35. The SMILES string of the molecule is CCOc1ccc(Cl)c(/C(O)=C2\C(=O)C(=O)N(c3ccc(OCC(C)C)cc3)C2c2cccc(C)c2)c1. The third kappa shape index (κ3) is 5.49. The summed E-state index contributed by atoms with van der Waals surface area (Å²) in [6, 6.07) is 18.5. The van der Waals surface area contributed by atoms with Crippen molar-refractivity contribution in [3.63, 3.8) is 0 Å². The fraction of sp³-hybridized carbons (Fsp3) is 0.267. The zero-order valence-corrected chi connectivity index (χ0v) is 22.1. The zero-order chi connectivity index (χ0) is 26.7. The number of aliphatic hydroxyl groups excluding tert-OH is 1. The highest BCUT2D eigenvalue weighted by Crippen LogP contribution is 2.43. The highest BCUT2D eigenvalue weighted by molar-refractivity contribution is 6.52. The van der Waals surface area contributed by atoms with Crippen LogP contribution in [-0.4, -0.2) is 30.0 Å². The Bertz CT molecular complexity index is 1350. The molecule has 0 aliphatic carbocycles. The van der Waals surface area contributed by atoms with Crippen molar-refractivity contribution >= 4 is 34.7 Å². The van der Waals surface area contributed by atoms with Gasteiger partial charge in [0.2, 0.25) is 0 Å². The lowest BCUT2D eigenvalue weighted by atomic mass is 9.94. The van der Waals surface area contributed by atoms with E-state index in [-0.39, 0.29) is 21.9 Å². The van der Waals surface area contributed by atoms with E-state index < -0.39 is 17.7 Å². The topological polar surface area (TPSA) is 76.1 Å². The van der Waals surface area contributed by atoms with E-state index in [1.54, 1.807) is 42.5 Å². The first-order chi connectivity index (χ1) is 17.7. The Kier molecular flexibility index (Phi) is 7.89. The number of rotatable bonds is 8. The van der Waals surface area contributed by atoms with Crippen LogP contribution in [-0.2, 0) is 9.59 Å². The summed E-state index contributed by atoms with van der Waals surface area (Å²) < 4.78 is 11.3. The summed E-state index contributed by atoms with van der Waals surface area (Å²) in [6.45, 7) is 8.88. The smallest absolute Gasteiger partial charge is 0.300 e. The molecule has 192 valence electrons. The molecule has 3 aromatic rings. The van der Waals surface area contributed by atoms with E-state index in [1.807, 2.05) is 38.1 Å². The maximum Gasteiger partial charge on any atom is 0.300 e. The van der Waals surface area contributed by atoms with E-state index >= 15 is 0 Å². The normalized spacial score (nSPS) is 16.9. The van der Waals surface area contributed by atoms with Crippen molar-refractivity contribution in [1.82, 2.24) is 0 Å². The average Bonchev–Trinajstić information content (AvgIpc) is 3.14. The predicted octanol–water partition coefficient (Wildman–Crippen LogP) is 6.71. The van der Waals surface area contributed by atoms with Gasteiger partial charge < -0.3 is 14.6 Å². The second-order valence-electron chi connectivity index (χ2n) is 9.36. The monoisotopic (exact) mass is 519 g/mol. The van der Waals surface area contributed by atoms with Crippen LogP contribution in [0.3, 0.4) is 0 Å². The van der Waals surface area contributed by atoms with Crippen molar-refractivity contribution in [3.8, 4) is 11.5 Å². The van der Waals surface area contributed by atoms with Crippen LogP contribution in [0.5, 0.6) is 11.5 Å². The zero-order valence-electron chi connectivity index (χ0n) is 21.3. The highest BCUT2D eigenvalue weighted by atomic mass is 35.5. The van der Waals surface area contributed by atoms with Crippen molar-refractivity contribution < 1.29 is 24.2 Å². The number of aliphatic hydroxyl groups is 1. The molecule has 1 heterocycles. The number of ether oxygens (including phenoxy) is 2. The fourth-order valence-corrected chi connectivity index (χ4v) is 4.51. The van der Waals surface area contributed by atoms with Crippen molar-refractivity contribution in [2.24, 2.45) is 5.92 Å². The molecule has 0 saturated carbocycles. The number of ketones is 1. The highest BCUT2D eigenvalue weighted by Gasteiger charge is 2.47. The van der Waals surface area contributed by atoms with E-state index in [0.29, 0.717) is 41.9 Å². The molecule has 3 aromatic carbocycles. The van der Waals surface area contributed by atoms with E-state index in [2.05, 4.69) is 13.8 Å². The lowest BCUT2D eigenvalue weighted by Crippen LogP contribution is -2.29. The molecule has 6 nitrogen and oxygen atoms in total. The van der Waals surface area contributed by atoms with Crippen molar-refractivity contribution in [1.29, 1.82) is 0 Å². The Morgan fingerprint density at radius 3 is 2.35 bits per heavy atom. The van der Waals surface area contributed by atoms with Crippen LogP contribution in [0.25, 0.3) is 5.76 Å². The van der Waals surface area contributed by atoms with Gasteiger partial charge in [0.05, 0.1) is 29.9 Å². The van der Waals surface area contributed by atoms with Gasteiger partial charge in [0, 0.05) is 11.3 Å². The van der Waals surface area contributed by atoms with Crippen LogP contribution in [0.15, 0.2) is 72.3 Å². The lowest BCUT2D eigenvalue weighted by molar-refractivity contribution is -0.132. The second-order valence-corrected chi connectivity index (χ2v) is 9.76. The molecule has 7 heteroatoms. The number of amides is 1. The number of aryl methyl sites for hydroxylation is 1. The largest absolute Gasteiger partial charge is 0.507 e. The maximum absolute atomic E-state index is 13.4. The predicted molar refractivity (Wildman–Crippen MR) is 145 cm³/mol. The molecule has 1 fully saturated rings. The van der Waals surface area contributed by atoms with Gasteiger partial charge in [0.15, 0.2) is 0 Å². The molecule has 0 spiro atoms. The van der Waals surface area contributed by atoms with Crippen LogP contribution in [0.1, 0.15) is 43.5 Å². The van der Waals surface area contributed by atoms with Crippen LogP contribution in [0.4, 0.5) is 5.69 Å². The van der Waals surface area contributed by atoms with Crippen molar-refractivity contribution in [2.45, 2.75) is 33.7 Å². The van der Waals surface area contributed by atoms with Crippen molar-refractivity contribution in [2.75, 3.05) is 18.1 Å². The van der Waals surface area contributed by atoms with Gasteiger partial charge in [0.1, 0.15) is 17.3 Å². The number of halogens is 1. The molecule has 1 aliphatic heterocycles. The Hall–Kier alpha value is -3.77. The summed E-state index contributed by atoms with van der Waals surface area (Å²) >= 11 is 6.42. The first kappa shape index (κ1) is 26.3. The average molecular weight is 520 g/mol. The number of Topliss-reactive ketones (excluding diaryl/α,β-unsaturated/α-hetero) is 1. The summed E-state index contributed by atoms with van der Waals surface area (Å²) in [4.78, 5) is 28.3. The number of hydrogen-bond donors (Lipinski definition) is 1. The van der Waals surface area contributed by atoms with Gasteiger partial charge >= 0.3 is 0 Å². The first-order valence-electron chi connectivity index (χ1n) is 12.2. The number of carbonyl (C=O) groups excluding carboxylic acids is 2. The molecule has 1 aliphatic rings. The van der Waals surface area contributed by atoms with Gasteiger partial charge in [-0.15, -0.1) is 0 Å². The van der Waals surface area contributed by atoms with Gasteiger partial charge in [-0.05, 0) is 67.8 Å². The molecular formula is C30H30ClNO5. The lowest BCUT2D eigenvalue weighted by Gasteiger charge is -2.26. The van der Waals surface area contributed by atoms with Crippen LogP contribution in [0.2, 0.25) is 5.02 Å².